The van der Waals surface area contributed by atoms with Crippen LogP contribution in [-0.2, 0) is 14.4 Å². The van der Waals surface area contributed by atoms with Gasteiger partial charge in [-0.1, -0.05) is 30.5 Å². The number of nitriles is 1. The molecule has 0 bridgehead atoms. The van der Waals surface area contributed by atoms with Gasteiger partial charge in [-0.15, -0.1) is 0 Å². The topological polar surface area (TPSA) is 99.1 Å². The largest absolute Gasteiger partial charge is 0.356 e. The van der Waals surface area contributed by atoms with E-state index in [0.29, 0.717) is 25.3 Å². The fraction of sp³-hybridized carbons (Fsp3) is 0.478. The summed E-state index contributed by atoms with van der Waals surface area (Å²) in [4.78, 5) is 37.0. The second kappa shape index (κ2) is 10.5. The number of hydrogen-bond donors (Lipinski definition) is 2. The minimum Gasteiger partial charge on any atom is -0.356 e. The van der Waals surface area contributed by atoms with Gasteiger partial charge < -0.3 is 10.6 Å². The van der Waals surface area contributed by atoms with Gasteiger partial charge in [0.15, 0.2) is 5.78 Å². The molecule has 1 saturated carbocycles. The van der Waals surface area contributed by atoms with Crippen molar-refractivity contribution < 1.29 is 18.8 Å². The van der Waals surface area contributed by atoms with E-state index in [4.69, 9.17) is 11.6 Å². The molecule has 164 valence electrons. The predicted molar refractivity (Wildman–Crippen MR) is 114 cm³/mol. The fourth-order valence-corrected chi connectivity index (χ4v) is 3.92. The van der Waals surface area contributed by atoms with Crippen LogP contribution in [0.4, 0.5) is 4.39 Å². The number of allylic oxidation sites excluding steroid dienone is 1. The summed E-state index contributed by atoms with van der Waals surface area (Å²) in [5.74, 6) is -1.72. The molecule has 31 heavy (non-hydrogen) atoms. The molecule has 1 heterocycles. The van der Waals surface area contributed by atoms with E-state index >= 15 is 0 Å². The molecule has 2 aliphatic rings. The third-order valence-electron chi connectivity index (χ3n) is 5.70. The van der Waals surface area contributed by atoms with Gasteiger partial charge in [0.1, 0.15) is 11.9 Å². The Bertz CT molecular complexity index is 923. The van der Waals surface area contributed by atoms with Crippen molar-refractivity contribution in [3.63, 3.8) is 0 Å². The van der Waals surface area contributed by atoms with Crippen LogP contribution in [0.15, 0.2) is 24.3 Å². The van der Waals surface area contributed by atoms with Crippen LogP contribution < -0.4 is 10.6 Å². The molecule has 3 atom stereocenters. The van der Waals surface area contributed by atoms with E-state index in [1.165, 1.54) is 30.4 Å². The molecule has 2 N–H and O–H groups in total. The zero-order valence-corrected chi connectivity index (χ0v) is 17.8. The second-order valence-corrected chi connectivity index (χ2v) is 8.68. The van der Waals surface area contributed by atoms with Crippen LogP contribution in [0.5, 0.6) is 0 Å². The van der Waals surface area contributed by atoms with Crippen LogP contribution in [0.2, 0.25) is 5.02 Å². The summed E-state index contributed by atoms with van der Waals surface area (Å²) in [7, 11) is 0. The first-order valence-corrected chi connectivity index (χ1v) is 10.9. The summed E-state index contributed by atoms with van der Waals surface area (Å²) in [5, 5.41) is 15.1. The van der Waals surface area contributed by atoms with E-state index in [9.17, 15) is 24.0 Å². The highest BCUT2D eigenvalue weighted by molar-refractivity contribution is 6.30. The van der Waals surface area contributed by atoms with E-state index in [-0.39, 0.29) is 46.9 Å². The van der Waals surface area contributed by atoms with Crippen molar-refractivity contribution in [3.05, 3.63) is 40.7 Å². The number of carbonyl (C=O) groups excluding carboxylic acids is 3. The number of nitrogens with one attached hydrogen (secondary N) is 2. The monoisotopic (exact) mass is 445 g/mol. The molecule has 1 aliphatic heterocycles. The highest BCUT2D eigenvalue weighted by atomic mass is 35.5. The Balaban J connectivity index is 1.59. The van der Waals surface area contributed by atoms with Crippen molar-refractivity contribution in [2.24, 2.45) is 17.8 Å². The lowest BCUT2D eigenvalue weighted by Crippen LogP contribution is -2.40. The average molecular weight is 446 g/mol. The van der Waals surface area contributed by atoms with Gasteiger partial charge in [0.05, 0.1) is 6.07 Å². The van der Waals surface area contributed by atoms with Crippen LogP contribution in [-0.4, -0.2) is 30.2 Å². The molecule has 3 rings (SSSR count). The lowest BCUT2D eigenvalue weighted by atomic mass is 9.93. The smallest absolute Gasteiger partial charge is 0.224 e. The zero-order chi connectivity index (χ0) is 22.4. The number of nitrogens with zero attached hydrogens (tertiary/aromatic N) is 1. The molecule has 0 spiro atoms. The maximum absolute atomic E-state index is 13.9. The van der Waals surface area contributed by atoms with Crippen LogP contribution in [0.3, 0.4) is 0 Å². The van der Waals surface area contributed by atoms with E-state index < -0.39 is 17.8 Å². The second-order valence-electron chi connectivity index (χ2n) is 8.25. The van der Waals surface area contributed by atoms with Gasteiger partial charge in [0.25, 0.3) is 0 Å². The third-order valence-corrected chi connectivity index (χ3v) is 5.93. The first kappa shape index (κ1) is 23.0. The Morgan fingerprint density at radius 1 is 1.32 bits per heavy atom. The maximum atomic E-state index is 13.9. The van der Waals surface area contributed by atoms with Gasteiger partial charge in [-0.3, -0.25) is 14.4 Å². The Labute approximate surface area is 185 Å². The standard InChI is InChI=1S/C23H25ClFN3O3/c24-18-5-3-15(21(25)12-18)4-6-20(29)11-17(9-14-1-2-14)23(31)28-19(13-26)10-16-7-8-27-22(16)30/h3-6,12,14,16-17,19H,1-2,7-11H2,(H,27,30)(H,28,31)/b6-4+. The molecule has 1 aromatic rings. The summed E-state index contributed by atoms with van der Waals surface area (Å²) in [5.41, 5.74) is 0.236. The van der Waals surface area contributed by atoms with Gasteiger partial charge in [0.2, 0.25) is 11.8 Å². The first-order chi connectivity index (χ1) is 14.9. The van der Waals surface area contributed by atoms with Gasteiger partial charge in [-0.25, -0.2) is 4.39 Å². The number of hydrogen-bond acceptors (Lipinski definition) is 4. The van der Waals surface area contributed by atoms with E-state index in [2.05, 4.69) is 16.7 Å². The summed E-state index contributed by atoms with van der Waals surface area (Å²) >= 11 is 5.73. The van der Waals surface area contributed by atoms with Crippen molar-refractivity contribution in [2.45, 2.75) is 44.6 Å². The fourth-order valence-electron chi connectivity index (χ4n) is 3.76. The molecule has 3 unspecified atom stereocenters. The highest BCUT2D eigenvalue weighted by Crippen LogP contribution is 2.36. The number of rotatable bonds is 10. The quantitative estimate of drug-likeness (QED) is 0.539. The van der Waals surface area contributed by atoms with Crippen LogP contribution in [0.25, 0.3) is 6.08 Å². The molecule has 0 aromatic heterocycles. The Kier molecular flexibility index (Phi) is 7.80. The molecule has 2 fully saturated rings. The normalized spacial score (nSPS) is 20.2. The van der Waals surface area contributed by atoms with E-state index in [1.54, 1.807) is 0 Å². The lowest BCUT2D eigenvalue weighted by molar-refractivity contribution is -0.129. The zero-order valence-electron chi connectivity index (χ0n) is 17.1. The van der Waals surface area contributed by atoms with Crippen LogP contribution >= 0.6 is 11.6 Å². The first-order valence-electron chi connectivity index (χ1n) is 10.5. The summed E-state index contributed by atoms with van der Waals surface area (Å²) in [6.07, 6.45) is 6.14. The molecular weight excluding hydrogens is 421 g/mol. The van der Waals surface area contributed by atoms with Crippen molar-refractivity contribution in [1.29, 1.82) is 5.26 Å². The van der Waals surface area contributed by atoms with Gasteiger partial charge in [-0.2, -0.15) is 5.26 Å². The summed E-state index contributed by atoms with van der Waals surface area (Å²) < 4.78 is 13.9. The van der Waals surface area contributed by atoms with Gasteiger partial charge >= 0.3 is 0 Å². The Morgan fingerprint density at radius 3 is 2.71 bits per heavy atom. The molecule has 1 aromatic carbocycles. The molecule has 8 heteroatoms. The van der Waals surface area contributed by atoms with Crippen molar-refractivity contribution in [3.8, 4) is 6.07 Å². The Morgan fingerprint density at radius 2 is 2.10 bits per heavy atom. The lowest BCUT2D eigenvalue weighted by Gasteiger charge is -2.19. The van der Waals surface area contributed by atoms with Crippen LogP contribution in [0, 0.1) is 34.9 Å². The molecule has 6 nitrogen and oxygen atoms in total. The van der Waals surface area contributed by atoms with Crippen molar-refractivity contribution in [1.82, 2.24) is 10.6 Å². The number of halogens is 2. The van der Waals surface area contributed by atoms with Gasteiger partial charge in [0, 0.05) is 35.4 Å². The number of amides is 2. The SMILES string of the molecule is N#CC(CC1CCNC1=O)NC(=O)C(CC(=O)/C=C/c1ccc(Cl)cc1F)CC1CC1. The van der Waals surface area contributed by atoms with E-state index in [1.807, 2.05) is 0 Å². The predicted octanol–water partition coefficient (Wildman–Crippen LogP) is 3.40. The Hall–Kier alpha value is -2.72. The highest BCUT2D eigenvalue weighted by Gasteiger charge is 2.33. The summed E-state index contributed by atoms with van der Waals surface area (Å²) in [6, 6.07) is 5.45. The van der Waals surface area contributed by atoms with Gasteiger partial charge in [-0.05, 0) is 49.5 Å². The molecular formula is C23H25ClFN3O3. The minimum atomic E-state index is -0.781. The minimum absolute atomic E-state index is 0.0178. The third kappa shape index (κ3) is 6.90. The van der Waals surface area contributed by atoms with Crippen molar-refractivity contribution in [2.75, 3.05) is 6.54 Å². The summed E-state index contributed by atoms with van der Waals surface area (Å²) in [6.45, 7) is 0.578. The number of carbonyl (C=O) groups is 3. The molecule has 1 aliphatic carbocycles. The molecule has 1 saturated heterocycles. The number of ketones is 1. The molecule has 2 amide bonds. The van der Waals surface area contributed by atoms with Crippen LogP contribution in [0.1, 0.15) is 44.1 Å². The van der Waals surface area contributed by atoms with Crippen molar-refractivity contribution >= 4 is 35.3 Å². The number of benzene rings is 1. The average Bonchev–Trinajstić information content (AvgIpc) is 3.46. The maximum Gasteiger partial charge on any atom is 0.224 e. The molecule has 0 radical (unpaired) electrons. The van der Waals surface area contributed by atoms with E-state index in [0.717, 1.165) is 12.8 Å².